The van der Waals surface area contributed by atoms with Crippen molar-refractivity contribution in [3.05, 3.63) is 83.9 Å². The Labute approximate surface area is 136 Å². The van der Waals surface area contributed by atoms with Crippen LogP contribution in [0.3, 0.4) is 0 Å². The molecule has 4 rings (SSSR count). The van der Waals surface area contributed by atoms with Crippen molar-refractivity contribution < 1.29 is 0 Å². The second-order valence-corrected chi connectivity index (χ2v) is 5.88. The minimum absolute atomic E-state index is 1.20. The first-order valence-electron chi connectivity index (χ1n) is 8.02. The number of allylic oxidation sites excluding steroid dienone is 1. The highest BCUT2D eigenvalue weighted by molar-refractivity contribution is 6.13. The first-order chi connectivity index (χ1) is 11.3. The van der Waals surface area contributed by atoms with Crippen molar-refractivity contribution in [1.29, 1.82) is 0 Å². The van der Waals surface area contributed by atoms with Gasteiger partial charge in [-0.3, -0.25) is 0 Å². The summed E-state index contributed by atoms with van der Waals surface area (Å²) in [6, 6.07) is 23.7. The van der Waals surface area contributed by atoms with E-state index in [9.17, 15) is 0 Å². The van der Waals surface area contributed by atoms with E-state index in [1.165, 1.54) is 38.6 Å². The molecular formula is C22H19N. The zero-order chi connectivity index (χ0) is 15.8. The van der Waals surface area contributed by atoms with Gasteiger partial charge in [0.25, 0.3) is 0 Å². The predicted octanol–water partition coefficient (Wildman–Crippen LogP) is 6.13. The molecule has 0 amide bonds. The Bertz CT molecular complexity index is 1020. The van der Waals surface area contributed by atoms with Crippen LogP contribution in [0.5, 0.6) is 0 Å². The van der Waals surface area contributed by atoms with Gasteiger partial charge in [0.05, 0.1) is 11.0 Å². The Morgan fingerprint density at radius 3 is 2.30 bits per heavy atom. The monoisotopic (exact) mass is 297 g/mol. The maximum Gasteiger partial charge on any atom is 0.0547 e. The van der Waals surface area contributed by atoms with Gasteiger partial charge in [0.15, 0.2) is 0 Å². The highest BCUT2D eigenvalue weighted by Gasteiger charge is 2.14. The van der Waals surface area contributed by atoms with E-state index >= 15 is 0 Å². The molecule has 0 unspecified atom stereocenters. The Morgan fingerprint density at radius 2 is 1.52 bits per heavy atom. The van der Waals surface area contributed by atoms with E-state index in [0.717, 1.165) is 0 Å². The van der Waals surface area contributed by atoms with Crippen LogP contribution in [0.1, 0.15) is 18.1 Å². The normalized spacial score (nSPS) is 11.7. The number of fused-ring (bicyclic) bond motifs is 3. The average molecular weight is 297 g/mol. The van der Waals surface area contributed by atoms with Gasteiger partial charge in [0.2, 0.25) is 0 Å². The van der Waals surface area contributed by atoms with E-state index in [2.05, 4.69) is 97.3 Å². The number of para-hydroxylation sites is 2. The molecule has 0 N–H and O–H groups in total. The third-order valence-electron chi connectivity index (χ3n) is 4.44. The standard InChI is InChI=1S/C22H19N/c1-3-9-18-16(2)14-15-21-22(18)19-12-7-8-13-20(19)23(21)17-10-5-4-6-11-17/h3-15H,1-2H3/b9-3-. The molecule has 0 fully saturated rings. The molecule has 0 aliphatic heterocycles. The summed E-state index contributed by atoms with van der Waals surface area (Å²) in [6.45, 7) is 4.26. The maximum absolute atomic E-state index is 2.36. The second-order valence-electron chi connectivity index (χ2n) is 5.88. The first kappa shape index (κ1) is 13.8. The number of aryl methyl sites for hydroxylation is 1. The minimum Gasteiger partial charge on any atom is -0.309 e. The molecule has 0 bridgehead atoms. The van der Waals surface area contributed by atoms with E-state index < -0.39 is 0 Å². The molecule has 23 heavy (non-hydrogen) atoms. The van der Waals surface area contributed by atoms with Crippen LogP contribution in [0.2, 0.25) is 0 Å². The lowest BCUT2D eigenvalue weighted by atomic mass is 10.0. The van der Waals surface area contributed by atoms with Crippen LogP contribution in [-0.4, -0.2) is 4.57 Å². The summed E-state index contributed by atoms with van der Waals surface area (Å²) >= 11 is 0. The molecule has 1 aromatic heterocycles. The largest absolute Gasteiger partial charge is 0.309 e. The van der Waals surface area contributed by atoms with E-state index in [0.29, 0.717) is 0 Å². The summed E-state index contributed by atoms with van der Waals surface area (Å²) in [5.41, 5.74) is 6.34. The molecule has 3 aromatic carbocycles. The molecule has 0 aliphatic rings. The highest BCUT2D eigenvalue weighted by Crippen LogP contribution is 2.35. The van der Waals surface area contributed by atoms with Crippen LogP contribution in [0.25, 0.3) is 33.6 Å². The fourth-order valence-electron chi connectivity index (χ4n) is 3.43. The van der Waals surface area contributed by atoms with Gasteiger partial charge in [0, 0.05) is 16.5 Å². The average Bonchev–Trinajstić information content (AvgIpc) is 2.93. The van der Waals surface area contributed by atoms with Crippen molar-refractivity contribution in [2.24, 2.45) is 0 Å². The molecule has 112 valence electrons. The van der Waals surface area contributed by atoms with Crippen molar-refractivity contribution in [2.75, 3.05) is 0 Å². The quantitative estimate of drug-likeness (QED) is 0.419. The van der Waals surface area contributed by atoms with Crippen LogP contribution in [0, 0.1) is 6.92 Å². The molecule has 0 atom stereocenters. The summed E-state index contributed by atoms with van der Waals surface area (Å²) in [6.07, 6.45) is 4.34. The number of benzene rings is 3. The molecule has 0 radical (unpaired) electrons. The second kappa shape index (κ2) is 5.44. The topological polar surface area (TPSA) is 4.93 Å². The van der Waals surface area contributed by atoms with Crippen molar-refractivity contribution in [3.63, 3.8) is 0 Å². The van der Waals surface area contributed by atoms with E-state index in [1.807, 2.05) is 0 Å². The molecule has 0 spiro atoms. The van der Waals surface area contributed by atoms with Gasteiger partial charge in [-0.2, -0.15) is 0 Å². The van der Waals surface area contributed by atoms with Gasteiger partial charge >= 0.3 is 0 Å². The Hall–Kier alpha value is -2.80. The maximum atomic E-state index is 2.36. The number of rotatable bonds is 2. The molecule has 0 aliphatic carbocycles. The third kappa shape index (κ3) is 2.08. The van der Waals surface area contributed by atoms with Gasteiger partial charge in [-0.1, -0.05) is 54.6 Å². The van der Waals surface area contributed by atoms with Crippen molar-refractivity contribution in [2.45, 2.75) is 13.8 Å². The lowest BCUT2D eigenvalue weighted by Crippen LogP contribution is -1.93. The first-order valence-corrected chi connectivity index (χ1v) is 8.02. The minimum atomic E-state index is 1.20. The lowest BCUT2D eigenvalue weighted by Gasteiger charge is -2.08. The SMILES string of the molecule is C/C=C\c1c(C)ccc2c1c1ccccc1n2-c1ccccc1. The molecule has 0 saturated heterocycles. The van der Waals surface area contributed by atoms with E-state index in [-0.39, 0.29) is 0 Å². The van der Waals surface area contributed by atoms with E-state index in [4.69, 9.17) is 0 Å². The lowest BCUT2D eigenvalue weighted by molar-refractivity contribution is 1.18. The van der Waals surface area contributed by atoms with Crippen LogP contribution < -0.4 is 0 Å². The van der Waals surface area contributed by atoms with Gasteiger partial charge in [-0.15, -0.1) is 0 Å². The van der Waals surface area contributed by atoms with Crippen molar-refractivity contribution in [3.8, 4) is 5.69 Å². The summed E-state index contributed by atoms with van der Waals surface area (Å²) in [5.74, 6) is 0. The fraction of sp³-hybridized carbons (Fsp3) is 0.0909. The van der Waals surface area contributed by atoms with Crippen LogP contribution >= 0.6 is 0 Å². The van der Waals surface area contributed by atoms with Gasteiger partial charge in [0.1, 0.15) is 0 Å². The smallest absolute Gasteiger partial charge is 0.0547 e. The zero-order valence-electron chi connectivity index (χ0n) is 13.5. The number of aromatic nitrogens is 1. The summed E-state index contributed by atoms with van der Waals surface area (Å²) in [5, 5.41) is 2.64. The number of nitrogens with zero attached hydrogens (tertiary/aromatic N) is 1. The van der Waals surface area contributed by atoms with Crippen LogP contribution in [0.15, 0.2) is 72.8 Å². The fourth-order valence-corrected chi connectivity index (χ4v) is 3.43. The molecule has 1 heterocycles. The van der Waals surface area contributed by atoms with Crippen LogP contribution in [-0.2, 0) is 0 Å². The van der Waals surface area contributed by atoms with Crippen LogP contribution in [0.4, 0.5) is 0 Å². The summed E-state index contributed by atoms with van der Waals surface area (Å²) in [7, 11) is 0. The van der Waals surface area contributed by atoms with Crippen molar-refractivity contribution >= 4 is 27.9 Å². The highest BCUT2D eigenvalue weighted by atomic mass is 15.0. The molecule has 4 aromatic rings. The number of hydrogen-bond acceptors (Lipinski definition) is 0. The van der Waals surface area contributed by atoms with Gasteiger partial charge < -0.3 is 4.57 Å². The van der Waals surface area contributed by atoms with Crippen molar-refractivity contribution in [1.82, 2.24) is 4.57 Å². The zero-order valence-corrected chi connectivity index (χ0v) is 13.5. The summed E-state index contributed by atoms with van der Waals surface area (Å²) < 4.78 is 2.36. The van der Waals surface area contributed by atoms with Gasteiger partial charge in [-0.25, -0.2) is 0 Å². The van der Waals surface area contributed by atoms with E-state index in [1.54, 1.807) is 0 Å². The molecule has 1 nitrogen and oxygen atoms in total. The molecule has 0 saturated carbocycles. The Morgan fingerprint density at radius 1 is 0.783 bits per heavy atom. The number of hydrogen-bond donors (Lipinski definition) is 0. The molecular weight excluding hydrogens is 278 g/mol. The van der Waals surface area contributed by atoms with Gasteiger partial charge in [-0.05, 0) is 49.2 Å². The molecule has 1 heteroatoms. The summed E-state index contributed by atoms with van der Waals surface area (Å²) in [4.78, 5) is 0. The predicted molar refractivity (Wildman–Crippen MR) is 100 cm³/mol. The Balaban J connectivity index is 2.24. The third-order valence-corrected chi connectivity index (χ3v) is 4.44. The Kier molecular flexibility index (Phi) is 3.27.